The molecular weight excluding hydrogens is 186 g/mol. The number of rotatable bonds is 4. The van der Waals surface area contributed by atoms with Crippen molar-refractivity contribution >= 4 is 17.1 Å². The van der Waals surface area contributed by atoms with Gasteiger partial charge in [0.25, 0.3) is 0 Å². The van der Waals surface area contributed by atoms with Crippen molar-refractivity contribution in [2.24, 2.45) is 0 Å². The summed E-state index contributed by atoms with van der Waals surface area (Å²) in [6, 6.07) is 0. The molecule has 0 aliphatic heterocycles. The SMILES string of the molecule is CCO/C=C/C(=O)c1nc(C)cs1. The Kier molecular flexibility index (Phi) is 3.64. The molecule has 0 saturated heterocycles. The van der Waals surface area contributed by atoms with Crippen LogP contribution in [-0.2, 0) is 4.74 Å². The first-order valence-electron chi connectivity index (χ1n) is 3.98. The smallest absolute Gasteiger partial charge is 0.217 e. The lowest BCUT2D eigenvalue weighted by Crippen LogP contribution is -1.93. The minimum atomic E-state index is -0.105. The van der Waals surface area contributed by atoms with Gasteiger partial charge in [-0.05, 0) is 13.8 Å². The molecule has 0 aliphatic carbocycles. The molecule has 70 valence electrons. The first-order valence-corrected chi connectivity index (χ1v) is 4.86. The van der Waals surface area contributed by atoms with Gasteiger partial charge in [-0.2, -0.15) is 0 Å². The van der Waals surface area contributed by atoms with Gasteiger partial charge in [0.2, 0.25) is 5.78 Å². The van der Waals surface area contributed by atoms with Gasteiger partial charge in [-0.15, -0.1) is 11.3 Å². The van der Waals surface area contributed by atoms with Gasteiger partial charge < -0.3 is 4.74 Å². The molecule has 0 spiro atoms. The van der Waals surface area contributed by atoms with Crippen LogP contribution in [0, 0.1) is 6.92 Å². The average molecular weight is 197 g/mol. The Balaban J connectivity index is 2.58. The number of carbonyl (C=O) groups is 1. The number of hydrogen-bond acceptors (Lipinski definition) is 4. The fourth-order valence-electron chi connectivity index (χ4n) is 0.745. The molecule has 0 bridgehead atoms. The molecule has 0 radical (unpaired) electrons. The second kappa shape index (κ2) is 4.77. The Morgan fingerprint density at radius 2 is 2.54 bits per heavy atom. The van der Waals surface area contributed by atoms with Gasteiger partial charge in [-0.1, -0.05) is 0 Å². The van der Waals surface area contributed by atoms with E-state index in [0.29, 0.717) is 11.6 Å². The number of nitrogens with zero attached hydrogens (tertiary/aromatic N) is 1. The van der Waals surface area contributed by atoms with Gasteiger partial charge in [0.1, 0.15) is 0 Å². The molecule has 1 rings (SSSR count). The maximum Gasteiger partial charge on any atom is 0.217 e. The minimum Gasteiger partial charge on any atom is -0.501 e. The number of aromatic nitrogens is 1. The van der Waals surface area contributed by atoms with Gasteiger partial charge >= 0.3 is 0 Å². The Labute approximate surface area is 81.1 Å². The third kappa shape index (κ3) is 2.99. The van der Waals surface area contributed by atoms with Crippen LogP contribution in [0.2, 0.25) is 0 Å². The molecule has 13 heavy (non-hydrogen) atoms. The highest BCUT2D eigenvalue weighted by atomic mass is 32.1. The van der Waals surface area contributed by atoms with E-state index < -0.39 is 0 Å². The lowest BCUT2D eigenvalue weighted by molar-refractivity contribution is 0.104. The topological polar surface area (TPSA) is 39.2 Å². The third-order valence-electron chi connectivity index (χ3n) is 1.31. The van der Waals surface area contributed by atoms with Crippen LogP contribution in [0.3, 0.4) is 0 Å². The molecule has 3 nitrogen and oxygen atoms in total. The average Bonchev–Trinajstić information content (AvgIpc) is 2.52. The van der Waals surface area contributed by atoms with E-state index in [4.69, 9.17) is 4.74 Å². The molecule has 0 fully saturated rings. The van der Waals surface area contributed by atoms with Gasteiger partial charge in [-0.25, -0.2) is 4.98 Å². The predicted octanol–water partition coefficient (Wildman–Crippen LogP) is 2.18. The highest BCUT2D eigenvalue weighted by molar-refractivity contribution is 7.11. The third-order valence-corrected chi connectivity index (χ3v) is 2.29. The zero-order valence-electron chi connectivity index (χ0n) is 7.61. The van der Waals surface area contributed by atoms with Crippen LogP contribution in [0.5, 0.6) is 0 Å². The van der Waals surface area contributed by atoms with Gasteiger partial charge in [-0.3, -0.25) is 4.79 Å². The normalized spacial score (nSPS) is 10.6. The van der Waals surface area contributed by atoms with E-state index >= 15 is 0 Å². The number of aryl methyl sites for hydroxylation is 1. The largest absolute Gasteiger partial charge is 0.501 e. The summed E-state index contributed by atoms with van der Waals surface area (Å²) in [4.78, 5) is 15.4. The Hall–Kier alpha value is -1.16. The molecule has 0 atom stereocenters. The lowest BCUT2D eigenvalue weighted by atomic mass is 10.4. The van der Waals surface area contributed by atoms with Crippen molar-refractivity contribution < 1.29 is 9.53 Å². The summed E-state index contributed by atoms with van der Waals surface area (Å²) in [6.45, 7) is 4.29. The molecular formula is C9H11NO2S. The Bertz CT molecular complexity index is 317. The van der Waals surface area contributed by atoms with Crippen LogP contribution in [-0.4, -0.2) is 17.4 Å². The van der Waals surface area contributed by atoms with E-state index in [2.05, 4.69) is 4.98 Å². The van der Waals surface area contributed by atoms with E-state index in [-0.39, 0.29) is 5.78 Å². The molecule has 4 heteroatoms. The highest BCUT2D eigenvalue weighted by Crippen LogP contribution is 2.09. The monoisotopic (exact) mass is 197 g/mol. The fraction of sp³-hybridized carbons (Fsp3) is 0.333. The number of allylic oxidation sites excluding steroid dienone is 1. The van der Waals surface area contributed by atoms with Gasteiger partial charge in [0.05, 0.1) is 12.9 Å². The standard InChI is InChI=1S/C9H11NO2S/c1-3-12-5-4-8(11)9-10-7(2)6-13-9/h4-6H,3H2,1-2H3/b5-4+. The maximum absolute atomic E-state index is 11.3. The summed E-state index contributed by atoms with van der Waals surface area (Å²) in [5.41, 5.74) is 0.873. The van der Waals surface area contributed by atoms with Crippen LogP contribution < -0.4 is 0 Å². The number of carbonyl (C=O) groups excluding carboxylic acids is 1. The number of ketones is 1. The van der Waals surface area contributed by atoms with Gasteiger partial charge in [0.15, 0.2) is 5.01 Å². The lowest BCUT2D eigenvalue weighted by Gasteiger charge is -1.90. The second-order valence-electron chi connectivity index (χ2n) is 2.42. The van der Waals surface area contributed by atoms with E-state index in [1.807, 2.05) is 19.2 Å². The summed E-state index contributed by atoms with van der Waals surface area (Å²) < 4.78 is 4.91. The van der Waals surface area contributed by atoms with Crippen LogP contribution in [0.15, 0.2) is 17.7 Å². The van der Waals surface area contributed by atoms with Crippen LogP contribution >= 0.6 is 11.3 Å². The van der Waals surface area contributed by atoms with Crippen molar-refractivity contribution in [3.63, 3.8) is 0 Å². The van der Waals surface area contributed by atoms with E-state index in [9.17, 15) is 4.79 Å². The summed E-state index contributed by atoms with van der Waals surface area (Å²) in [6.07, 6.45) is 2.79. The van der Waals surface area contributed by atoms with E-state index in [1.54, 1.807) is 0 Å². The molecule has 0 amide bonds. The summed E-state index contributed by atoms with van der Waals surface area (Å²) in [7, 11) is 0. The van der Waals surface area contributed by atoms with Crippen molar-refractivity contribution in [3.05, 3.63) is 28.4 Å². The quantitative estimate of drug-likeness (QED) is 0.422. The van der Waals surface area contributed by atoms with Crippen molar-refractivity contribution in [1.82, 2.24) is 4.98 Å². The van der Waals surface area contributed by atoms with E-state index in [0.717, 1.165) is 5.69 Å². The van der Waals surface area contributed by atoms with Crippen molar-refractivity contribution in [1.29, 1.82) is 0 Å². The van der Waals surface area contributed by atoms with Crippen molar-refractivity contribution in [3.8, 4) is 0 Å². The molecule has 1 aromatic rings. The molecule has 0 aliphatic rings. The Morgan fingerprint density at radius 3 is 3.08 bits per heavy atom. The first-order chi connectivity index (χ1) is 6.24. The summed E-state index contributed by atoms with van der Waals surface area (Å²) >= 11 is 1.35. The van der Waals surface area contributed by atoms with Crippen LogP contribution in [0.1, 0.15) is 22.4 Å². The molecule has 1 aromatic heterocycles. The zero-order chi connectivity index (χ0) is 9.68. The Morgan fingerprint density at radius 1 is 1.77 bits per heavy atom. The fourth-order valence-corrected chi connectivity index (χ4v) is 1.46. The number of thiazole rings is 1. The summed E-state index contributed by atoms with van der Waals surface area (Å²) in [5.74, 6) is -0.105. The molecule has 0 aromatic carbocycles. The first kappa shape index (κ1) is 9.92. The van der Waals surface area contributed by atoms with Crippen LogP contribution in [0.25, 0.3) is 0 Å². The van der Waals surface area contributed by atoms with Crippen LogP contribution in [0.4, 0.5) is 0 Å². The minimum absolute atomic E-state index is 0.105. The summed E-state index contributed by atoms with van der Waals surface area (Å²) in [5, 5.41) is 2.36. The van der Waals surface area contributed by atoms with Crippen molar-refractivity contribution in [2.45, 2.75) is 13.8 Å². The van der Waals surface area contributed by atoms with Crippen molar-refractivity contribution in [2.75, 3.05) is 6.61 Å². The second-order valence-corrected chi connectivity index (χ2v) is 3.27. The van der Waals surface area contributed by atoms with Gasteiger partial charge in [0, 0.05) is 17.2 Å². The molecule has 1 heterocycles. The molecule has 0 N–H and O–H groups in total. The predicted molar refractivity (Wildman–Crippen MR) is 51.9 cm³/mol. The number of ether oxygens (including phenoxy) is 1. The molecule has 0 unspecified atom stereocenters. The maximum atomic E-state index is 11.3. The molecule has 0 saturated carbocycles. The number of hydrogen-bond donors (Lipinski definition) is 0. The van der Waals surface area contributed by atoms with E-state index in [1.165, 1.54) is 23.7 Å². The highest BCUT2D eigenvalue weighted by Gasteiger charge is 2.05. The zero-order valence-corrected chi connectivity index (χ0v) is 8.43.